The topological polar surface area (TPSA) is 18.5 Å². The van der Waals surface area contributed by atoms with Crippen LogP contribution in [0, 0.1) is 0 Å². The molecular weight excluding hydrogens is 186 g/mol. The highest BCUT2D eigenvalue weighted by Gasteiger charge is 2.09. The smallest absolute Gasteiger partial charge is 0.0110 e. The number of hydrogen-bond acceptors (Lipinski definition) is 3. The van der Waals surface area contributed by atoms with Gasteiger partial charge < -0.3 is 10.2 Å². The zero-order valence-corrected chi connectivity index (χ0v) is 10.5. The molecule has 90 valence electrons. The number of rotatable bonds is 7. The van der Waals surface area contributed by atoms with Crippen molar-refractivity contribution in [2.75, 3.05) is 52.9 Å². The molecule has 1 fully saturated rings. The van der Waals surface area contributed by atoms with Crippen molar-refractivity contribution in [2.45, 2.75) is 26.2 Å². The predicted octanol–water partition coefficient (Wildman–Crippen LogP) is 1.01. The molecule has 0 spiro atoms. The Morgan fingerprint density at radius 2 is 1.87 bits per heavy atom. The molecule has 0 radical (unpaired) electrons. The summed E-state index contributed by atoms with van der Waals surface area (Å²) in [5.41, 5.74) is 0. The Hall–Kier alpha value is -0.120. The number of nitrogens with one attached hydrogen (secondary N) is 1. The first kappa shape index (κ1) is 12.9. The van der Waals surface area contributed by atoms with E-state index in [0.717, 1.165) is 0 Å². The van der Waals surface area contributed by atoms with Crippen LogP contribution in [0.15, 0.2) is 0 Å². The van der Waals surface area contributed by atoms with Crippen LogP contribution in [0.1, 0.15) is 26.2 Å². The van der Waals surface area contributed by atoms with Crippen LogP contribution in [0.25, 0.3) is 0 Å². The lowest BCUT2D eigenvalue weighted by Crippen LogP contribution is -2.46. The van der Waals surface area contributed by atoms with Gasteiger partial charge in [-0.2, -0.15) is 0 Å². The van der Waals surface area contributed by atoms with E-state index in [0.29, 0.717) is 0 Å². The lowest BCUT2D eigenvalue weighted by atomic mass is 10.2. The minimum atomic E-state index is 1.17. The molecule has 15 heavy (non-hydrogen) atoms. The fourth-order valence-electron chi connectivity index (χ4n) is 1.99. The van der Waals surface area contributed by atoms with E-state index in [-0.39, 0.29) is 0 Å². The maximum atomic E-state index is 3.39. The Kier molecular flexibility index (Phi) is 6.98. The largest absolute Gasteiger partial charge is 0.314 e. The van der Waals surface area contributed by atoms with Crippen LogP contribution < -0.4 is 5.32 Å². The quantitative estimate of drug-likeness (QED) is 0.637. The van der Waals surface area contributed by atoms with Gasteiger partial charge in [-0.05, 0) is 20.0 Å². The van der Waals surface area contributed by atoms with E-state index in [1.165, 1.54) is 65.1 Å². The van der Waals surface area contributed by atoms with Gasteiger partial charge in [0.1, 0.15) is 0 Å². The number of nitrogens with zero attached hydrogens (tertiary/aromatic N) is 2. The summed E-state index contributed by atoms with van der Waals surface area (Å²) in [4.78, 5) is 5.03. The monoisotopic (exact) mass is 213 g/mol. The maximum absolute atomic E-state index is 3.39. The Morgan fingerprint density at radius 1 is 1.13 bits per heavy atom. The summed E-state index contributed by atoms with van der Waals surface area (Å²) in [6, 6.07) is 0. The molecule has 0 aromatic carbocycles. The highest BCUT2D eigenvalue weighted by atomic mass is 15.2. The summed E-state index contributed by atoms with van der Waals surface area (Å²) >= 11 is 0. The third-order valence-corrected chi connectivity index (χ3v) is 3.15. The molecule has 0 atom stereocenters. The molecule has 0 aromatic heterocycles. The molecule has 0 aliphatic carbocycles. The van der Waals surface area contributed by atoms with Crippen LogP contribution in [0.3, 0.4) is 0 Å². The van der Waals surface area contributed by atoms with Crippen molar-refractivity contribution in [3.05, 3.63) is 0 Å². The fourth-order valence-corrected chi connectivity index (χ4v) is 1.99. The van der Waals surface area contributed by atoms with E-state index < -0.39 is 0 Å². The van der Waals surface area contributed by atoms with Gasteiger partial charge in [-0.3, -0.25) is 4.90 Å². The summed E-state index contributed by atoms with van der Waals surface area (Å²) in [7, 11) is 2.25. The van der Waals surface area contributed by atoms with Crippen molar-refractivity contribution in [1.29, 1.82) is 0 Å². The van der Waals surface area contributed by atoms with Crippen molar-refractivity contribution in [3.63, 3.8) is 0 Å². The van der Waals surface area contributed by atoms with Gasteiger partial charge in [0, 0.05) is 39.3 Å². The van der Waals surface area contributed by atoms with E-state index in [4.69, 9.17) is 0 Å². The lowest BCUT2D eigenvalue weighted by Gasteiger charge is -2.29. The van der Waals surface area contributed by atoms with Crippen LogP contribution in [0.2, 0.25) is 0 Å². The van der Waals surface area contributed by atoms with E-state index in [9.17, 15) is 0 Å². The average Bonchev–Trinajstić information content (AvgIpc) is 2.28. The molecule has 0 aromatic rings. The van der Waals surface area contributed by atoms with Crippen LogP contribution in [0.4, 0.5) is 0 Å². The molecular formula is C12H27N3. The molecule has 3 heteroatoms. The van der Waals surface area contributed by atoms with Gasteiger partial charge in [-0.15, -0.1) is 0 Å². The minimum absolute atomic E-state index is 1.17. The lowest BCUT2D eigenvalue weighted by molar-refractivity contribution is 0.204. The molecule has 1 rings (SSSR count). The zero-order valence-electron chi connectivity index (χ0n) is 10.5. The van der Waals surface area contributed by atoms with Gasteiger partial charge in [0.15, 0.2) is 0 Å². The normalized spacial score (nSPS) is 18.6. The van der Waals surface area contributed by atoms with Gasteiger partial charge in [0.05, 0.1) is 0 Å². The second kappa shape index (κ2) is 8.08. The van der Waals surface area contributed by atoms with E-state index in [1.807, 2.05) is 0 Å². The summed E-state index contributed by atoms with van der Waals surface area (Å²) in [5, 5.41) is 3.39. The van der Waals surface area contributed by atoms with Crippen molar-refractivity contribution in [3.8, 4) is 0 Å². The van der Waals surface area contributed by atoms with Crippen LogP contribution >= 0.6 is 0 Å². The summed E-state index contributed by atoms with van der Waals surface area (Å²) in [5.74, 6) is 0. The first-order chi connectivity index (χ1) is 7.33. The summed E-state index contributed by atoms with van der Waals surface area (Å²) < 4.78 is 0. The third-order valence-electron chi connectivity index (χ3n) is 3.15. The highest BCUT2D eigenvalue weighted by Crippen LogP contribution is 1.97. The highest BCUT2D eigenvalue weighted by molar-refractivity contribution is 4.68. The standard InChI is InChI=1S/C12H27N3/c1-3-4-5-8-14(2)11-12-15-9-6-13-7-10-15/h13H,3-12H2,1-2H3. The molecule has 0 bridgehead atoms. The fraction of sp³-hybridized carbons (Fsp3) is 1.00. The van der Waals surface area contributed by atoms with E-state index in [2.05, 4.69) is 29.1 Å². The summed E-state index contributed by atoms with van der Waals surface area (Å²) in [6.45, 7) is 10.8. The maximum Gasteiger partial charge on any atom is 0.0110 e. The third kappa shape index (κ3) is 6.13. The van der Waals surface area contributed by atoms with Gasteiger partial charge >= 0.3 is 0 Å². The van der Waals surface area contributed by atoms with Gasteiger partial charge in [0.2, 0.25) is 0 Å². The van der Waals surface area contributed by atoms with E-state index >= 15 is 0 Å². The number of piperazine rings is 1. The van der Waals surface area contributed by atoms with Gasteiger partial charge in [-0.1, -0.05) is 19.8 Å². The van der Waals surface area contributed by atoms with Crippen molar-refractivity contribution >= 4 is 0 Å². The van der Waals surface area contributed by atoms with Crippen molar-refractivity contribution < 1.29 is 0 Å². The Morgan fingerprint density at radius 3 is 2.53 bits per heavy atom. The summed E-state index contributed by atoms with van der Waals surface area (Å²) in [6.07, 6.45) is 4.05. The molecule has 0 amide bonds. The SMILES string of the molecule is CCCCCN(C)CCN1CCNCC1. The second-order valence-corrected chi connectivity index (χ2v) is 4.60. The second-order valence-electron chi connectivity index (χ2n) is 4.60. The van der Waals surface area contributed by atoms with Crippen LogP contribution in [-0.4, -0.2) is 62.7 Å². The molecule has 1 N–H and O–H groups in total. The molecule has 1 saturated heterocycles. The number of likely N-dealkylation sites (N-methyl/N-ethyl adjacent to an activating group) is 1. The van der Waals surface area contributed by atoms with E-state index in [1.54, 1.807) is 0 Å². The first-order valence-corrected chi connectivity index (χ1v) is 6.44. The molecule has 1 aliphatic rings. The predicted molar refractivity (Wildman–Crippen MR) is 66.3 cm³/mol. The minimum Gasteiger partial charge on any atom is -0.314 e. The Balaban J connectivity index is 1.97. The van der Waals surface area contributed by atoms with Gasteiger partial charge in [0.25, 0.3) is 0 Å². The first-order valence-electron chi connectivity index (χ1n) is 6.44. The zero-order chi connectivity index (χ0) is 10.9. The molecule has 1 heterocycles. The molecule has 0 unspecified atom stereocenters. The Labute approximate surface area is 94.8 Å². The number of unbranched alkanes of at least 4 members (excludes halogenated alkanes) is 2. The number of hydrogen-bond donors (Lipinski definition) is 1. The van der Waals surface area contributed by atoms with Gasteiger partial charge in [-0.25, -0.2) is 0 Å². The average molecular weight is 213 g/mol. The van der Waals surface area contributed by atoms with Crippen LogP contribution in [0.5, 0.6) is 0 Å². The van der Waals surface area contributed by atoms with Crippen molar-refractivity contribution in [1.82, 2.24) is 15.1 Å². The van der Waals surface area contributed by atoms with Crippen LogP contribution in [-0.2, 0) is 0 Å². The molecule has 0 saturated carbocycles. The van der Waals surface area contributed by atoms with Crippen molar-refractivity contribution in [2.24, 2.45) is 0 Å². The molecule has 3 nitrogen and oxygen atoms in total. The molecule has 1 aliphatic heterocycles. The Bertz CT molecular complexity index is 144.